The molecule has 0 spiro atoms. The molecule has 1 aliphatic heterocycles. The number of rotatable bonds is 7. The second-order valence-corrected chi connectivity index (χ2v) is 6.44. The lowest BCUT2D eigenvalue weighted by Gasteiger charge is -2.24. The van der Waals surface area contributed by atoms with Crippen molar-refractivity contribution in [2.75, 3.05) is 13.1 Å². The van der Waals surface area contributed by atoms with Crippen molar-refractivity contribution in [3.8, 4) is 0 Å². The van der Waals surface area contributed by atoms with Gasteiger partial charge in [0.05, 0.1) is 0 Å². The van der Waals surface area contributed by atoms with Crippen molar-refractivity contribution >= 4 is 0 Å². The second kappa shape index (κ2) is 5.71. The van der Waals surface area contributed by atoms with E-state index in [0.29, 0.717) is 0 Å². The Kier molecular flexibility index (Phi) is 4.02. The summed E-state index contributed by atoms with van der Waals surface area (Å²) in [5.74, 6) is 2.10. The molecule has 0 aromatic rings. The van der Waals surface area contributed by atoms with Gasteiger partial charge < -0.3 is 10.6 Å². The van der Waals surface area contributed by atoms with Crippen molar-refractivity contribution in [3.05, 3.63) is 0 Å². The van der Waals surface area contributed by atoms with Crippen molar-refractivity contribution in [2.45, 2.75) is 69.9 Å². The SMILES string of the molecule is C1CCC(CCCNC(C2CC2)C2CC2)NC1. The van der Waals surface area contributed by atoms with Crippen molar-refractivity contribution in [1.82, 2.24) is 10.6 Å². The van der Waals surface area contributed by atoms with Gasteiger partial charge in [-0.25, -0.2) is 0 Å². The standard InChI is InChI=1S/C15H28N2/c1-2-10-16-14(4-1)5-3-11-17-15(12-6-7-12)13-8-9-13/h12-17H,1-11H2. The maximum atomic E-state index is 3.86. The largest absolute Gasteiger partial charge is 0.314 e. The predicted molar refractivity (Wildman–Crippen MR) is 72.1 cm³/mol. The molecule has 0 amide bonds. The van der Waals surface area contributed by atoms with Crippen LogP contribution in [0.3, 0.4) is 0 Å². The normalized spacial score (nSPS) is 29.8. The monoisotopic (exact) mass is 236 g/mol. The Bertz CT molecular complexity index is 215. The molecule has 98 valence electrons. The molecular formula is C15H28N2. The van der Waals surface area contributed by atoms with E-state index in [1.165, 1.54) is 70.9 Å². The maximum absolute atomic E-state index is 3.86. The van der Waals surface area contributed by atoms with E-state index in [9.17, 15) is 0 Å². The Morgan fingerprint density at radius 3 is 2.35 bits per heavy atom. The van der Waals surface area contributed by atoms with Crippen molar-refractivity contribution in [1.29, 1.82) is 0 Å². The van der Waals surface area contributed by atoms with E-state index in [4.69, 9.17) is 0 Å². The van der Waals surface area contributed by atoms with Crippen molar-refractivity contribution in [2.24, 2.45) is 11.8 Å². The zero-order chi connectivity index (χ0) is 11.5. The molecule has 17 heavy (non-hydrogen) atoms. The summed E-state index contributed by atoms with van der Waals surface area (Å²) in [7, 11) is 0. The molecule has 3 rings (SSSR count). The first-order chi connectivity index (χ1) is 8.43. The van der Waals surface area contributed by atoms with Crippen LogP contribution in [0.25, 0.3) is 0 Å². The van der Waals surface area contributed by atoms with Crippen LogP contribution in [0.4, 0.5) is 0 Å². The molecule has 2 heteroatoms. The molecule has 0 aromatic carbocycles. The Morgan fingerprint density at radius 1 is 1.00 bits per heavy atom. The Balaban J connectivity index is 1.28. The summed E-state index contributed by atoms with van der Waals surface area (Å²) < 4.78 is 0. The Labute approximate surface area is 106 Å². The average Bonchev–Trinajstić information content (AvgIpc) is 3.24. The third kappa shape index (κ3) is 3.69. The van der Waals surface area contributed by atoms with Crippen molar-refractivity contribution in [3.63, 3.8) is 0 Å². The van der Waals surface area contributed by atoms with E-state index in [0.717, 1.165) is 23.9 Å². The lowest BCUT2D eigenvalue weighted by Crippen LogP contribution is -2.36. The first kappa shape index (κ1) is 12.0. The topological polar surface area (TPSA) is 24.1 Å². The van der Waals surface area contributed by atoms with E-state index in [2.05, 4.69) is 10.6 Å². The zero-order valence-electron chi connectivity index (χ0n) is 11.1. The molecule has 3 fully saturated rings. The second-order valence-electron chi connectivity index (χ2n) is 6.44. The maximum Gasteiger partial charge on any atom is 0.0124 e. The highest BCUT2D eigenvalue weighted by Gasteiger charge is 2.40. The van der Waals surface area contributed by atoms with Gasteiger partial charge in [0.15, 0.2) is 0 Å². The molecule has 2 saturated carbocycles. The van der Waals surface area contributed by atoms with Gasteiger partial charge in [0.1, 0.15) is 0 Å². The number of hydrogen-bond acceptors (Lipinski definition) is 2. The van der Waals surface area contributed by atoms with E-state index in [1.807, 2.05) is 0 Å². The molecule has 0 bridgehead atoms. The third-order valence-corrected chi connectivity index (χ3v) is 4.78. The molecule has 2 nitrogen and oxygen atoms in total. The quantitative estimate of drug-likeness (QED) is 0.664. The van der Waals surface area contributed by atoms with Crippen molar-refractivity contribution < 1.29 is 0 Å². The average molecular weight is 236 g/mol. The van der Waals surface area contributed by atoms with Gasteiger partial charge in [-0.05, 0) is 76.3 Å². The number of hydrogen-bond donors (Lipinski definition) is 2. The highest BCUT2D eigenvalue weighted by atomic mass is 15.0. The van der Waals surface area contributed by atoms with Gasteiger partial charge in [0.2, 0.25) is 0 Å². The molecule has 2 aliphatic carbocycles. The van der Waals surface area contributed by atoms with Gasteiger partial charge in [-0.2, -0.15) is 0 Å². The van der Waals surface area contributed by atoms with Crippen LogP contribution in [0.2, 0.25) is 0 Å². The summed E-state index contributed by atoms with van der Waals surface area (Å²) in [6.45, 7) is 2.51. The van der Waals surface area contributed by atoms with Gasteiger partial charge in [-0.3, -0.25) is 0 Å². The van der Waals surface area contributed by atoms with Crippen LogP contribution in [0.5, 0.6) is 0 Å². The molecule has 1 atom stereocenters. The van der Waals surface area contributed by atoms with E-state index in [1.54, 1.807) is 0 Å². The van der Waals surface area contributed by atoms with Gasteiger partial charge in [-0.1, -0.05) is 6.42 Å². The lowest BCUT2D eigenvalue weighted by atomic mass is 10.0. The molecule has 0 aromatic heterocycles. The minimum Gasteiger partial charge on any atom is -0.314 e. The predicted octanol–water partition coefficient (Wildman–Crippen LogP) is 2.69. The smallest absolute Gasteiger partial charge is 0.0124 e. The van der Waals surface area contributed by atoms with Crippen LogP contribution in [-0.2, 0) is 0 Å². The highest BCUT2D eigenvalue weighted by Crippen LogP contribution is 2.44. The molecule has 1 unspecified atom stereocenters. The highest BCUT2D eigenvalue weighted by molar-refractivity contribution is 4.96. The fraction of sp³-hybridized carbons (Fsp3) is 1.00. The minimum absolute atomic E-state index is 0.825. The minimum atomic E-state index is 0.825. The summed E-state index contributed by atoms with van der Waals surface area (Å²) in [6.07, 6.45) is 13.0. The van der Waals surface area contributed by atoms with Gasteiger partial charge in [-0.15, -0.1) is 0 Å². The van der Waals surface area contributed by atoms with Crippen LogP contribution in [-0.4, -0.2) is 25.2 Å². The van der Waals surface area contributed by atoms with Gasteiger partial charge in [0, 0.05) is 12.1 Å². The fourth-order valence-electron chi connectivity index (χ4n) is 3.42. The molecule has 3 aliphatic rings. The molecule has 0 radical (unpaired) electrons. The fourth-order valence-corrected chi connectivity index (χ4v) is 3.42. The van der Waals surface area contributed by atoms with Gasteiger partial charge >= 0.3 is 0 Å². The third-order valence-electron chi connectivity index (χ3n) is 4.78. The molecule has 1 heterocycles. The molecule has 2 N–H and O–H groups in total. The number of piperidine rings is 1. The summed E-state index contributed by atoms with van der Waals surface area (Å²) in [5.41, 5.74) is 0. The van der Waals surface area contributed by atoms with Crippen LogP contribution in [0.1, 0.15) is 57.8 Å². The first-order valence-electron chi connectivity index (χ1n) is 7.90. The summed E-state index contributed by atoms with van der Waals surface area (Å²) in [5, 5.41) is 7.51. The van der Waals surface area contributed by atoms with Gasteiger partial charge in [0.25, 0.3) is 0 Å². The zero-order valence-corrected chi connectivity index (χ0v) is 11.1. The van der Waals surface area contributed by atoms with Crippen LogP contribution < -0.4 is 10.6 Å². The van der Waals surface area contributed by atoms with E-state index in [-0.39, 0.29) is 0 Å². The first-order valence-corrected chi connectivity index (χ1v) is 7.90. The van der Waals surface area contributed by atoms with E-state index < -0.39 is 0 Å². The summed E-state index contributed by atoms with van der Waals surface area (Å²) >= 11 is 0. The van der Waals surface area contributed by atoms with Crippen LogP contribution >= 0.6 is 0 Å². The van der Waals surface area contributed by atoms with E-state index >= 15 is 0 Å². The lowest BCUT2D eigenvalue weighted by molar-refractivity contribution is 0.358. The Hall–Kier alpha value is -0.0800. The molecular weight excluding hydrogens is 208 g/mol. The van der Waals surface area contributed by atoms with Crippen LogP contribution in [0.15, 0.2) is 0 Å². The summed E-state index contributed by atoms with van der Waals surface area (Å²) in [4.78, 5) is 0. The summed E-state index contributed by atoms with van der Waals surface area (Å²) in [6, 6.07) is 1.72. The molecule has 1 saturated heterocycles. The number of nitrogens with one attached hydrogen (secondary N) is 2. The Morgan fingerprint density at radius 2 is 1.76 bits per heavy atom. The van der Waals surface area contributed by atoms with Crippen LogP contribution in [0, 0.1) is 11.8 Å².